The first kappa shape index (κ1) is 23.6. The molecule has 2 aliphatic rings. The zero-order chi connectivity index (χ0) is 24.3. The summed E-state index contributed by atoms with van der Waals surface area (Å²) < 4.78 is 29.0. The number of tetrazole rings is 1. The number of amides is 1. The summed E-state index contributed by atoms with van der Waals surface area (Å²) in [4.78, 5) is 17.3. The summed E-state index contributed by atoms with van der Waals surface area (Å²) >= 11 is 0. The number of sulfonamides is 1. The highest BCUT2D eigenvalue weighted by molar-refractivity contribution is 7.89. The molecule has 0 bridgehead atoms. The lowest BCUT2D eigenvalue weighted by Gasteiger charge is -2.34. The van der Waals surface area contributed by atoms with Crippen LogP contribution in [-0.4, -0.2) is 87.9 Å². The topological polar surface area (TPSA) is 105 Å². The summed E-state index contributed by atoms with van der Waals surface area (Å²) in [7, 11) is -3.50. The highest BCUT2D eigenvalue weighted by atomic mass is 32.2. The molecule has 2 saturated heterocycles. The van der Waals surface area contributed by atoms with Crippen LogP contribution in [0.1, 0.15) is 35.4 Å². The summed E-state index contributed by atoms with van der Waals surface area (Å²) in [6.45, 7) is 4.28. The second-order valence-corrected chi connectivity index (χ2v) is 10.8. The van der Waals surface area contributed by atoms with E-state index in [9.17, 15) is 13.2 Å². The van der Waals surface area contributed by atoms with Crippen LogP contribution in [0.2, 0.25) is 0 Å². The molecule has 10 nitrogen and oxygen atoms in total. The van der Waals surface area contributed by atoms with Crippen molar-refractivity contribution in [3.8, 4) is 5.69 Å². The predicted octanol–water partition coefficient (Wildman–Crippen LogP) is 1.79. The van der Waals surface area contributed by atoms with E-state index in [2.05, 4.69) is 20.4 Å². The number of hydrogen-bond donors (Lipinski definition) is 0. The number of para-hydroxylation sites is 1. The minimum Gasteiger partial charge on any atom is -0.336 e. The molecule has 3 aromatic rings. The number of carbonyl (C=O) groups excluding carboxylic acids is 1. The zero-order valence-electron chi connectivity index (χ0n) is 19.5. The molecule has 0 radical (unpaired) electrons. The molecular weight excluding hydrogens is 466 g/mol. The van der Waals surface area contributed by atoms with Gasteiger partial charge in [0, 0.05) is 44.8 Å². The van der Waals surface area contributed by atoms with E-state index < -0.39 is 10.0 Å². The largest absolute Gasteiger partial charge is 0.336 e. The van der Waals surface area contributed by atoms with Crippen molar-refractivity contribution in [1.82, 2.24) is 34.3 Å². The molecule has 2 aliphatic heterocycles. The SMILES string of the molecule is O=C(c1ccc(S(=O)(=O)N2CCCCC2)cc1)N1CCN(Cc2nnnn2-c2ccccc2)CC1. The van der Waals surface area contributed by atoms with Gasteiger partial charge in [0.25, 0.3) is 5.91 Å². The van der Waals surface area contributed by atoms with Gasteiger partial charge in [0.1, 0.15) is 0 Å². The molecule has 3 heterocycles. The van der Waals surface area contributed by atoms with Crippen LogP contribution in [0, 0.1) is 0 Å². The Balaban J connectivity index is 1.18. The van der Waals surface area contributed by atoms with E-state index in [0.717, 1.165) is 30.8 Å². The lowest BCUT2D eigenvalue weighted by Crippen LogP contribution is -2.48. The Labute approximate surface area is 205 Å². The normalized spacial score (nSPS) is 18.0. The average Bonchev–Trinajstić information content (AvgIpc) is 3.38. The third kappa shape index (κ3) is 5.12. The third-order valence-corrected chi connectivity index (χ3v) is 8.53. The minimum absolute atomic E-state index is 0.0827. The van der Waals surface area contributed by atoms with Crippen molar-refractivity contribution in [2.45, 2.75) is 30.7 Å². The Morgan fingerprint density at radius 3 is 2.20 bits per heavy atom. The fourth-order valence-corrected chi connectivity index (χ4v) is 6.11. The quantitative estimate of drug-likeness (QED) is 0.514. The van der Waals surface area contributed by atoms with Crippen molar-refractivity contribution < 1.29 is 13.2 Å². The van der Waals surface area contributed by atoms with E-state index in [0.29, 0.717) is 51.4 Å². The van der Waals surface area contributed by atoms with Crippen molar-refractivity contribution in [2.75, 3.05) is 39.3 Å². The summed E-state index contributed by atoms with van der Waals surface area (Å²) in [6.07, 6.45) is 2.85. The third-order valence-electron chi connectivity index (χ3n) is 6.61. The Morgan fingerprint density at radius 1 is 0.829 bits per heavy atom. The van der Waals surface area contributed by atoms with Gasteiger partial charge in [-0.3, -0.25) is 9.69 Å². The van der Waals surface area contributed by atoms with Gasteiger partial charge in [-0.05, 0) is 59.7 Å². The van der Waals surface area contributed by atoms with Gasteiger partial charge in [-0.15, -0.1) is 5.10 Å². The van der Waals surface area contributed by atoms with Gasteiger partial charge in [0.05, 0.1) is 17.1 Å². The van der Waals surface area contributed by atoms with E-state index in [1.165, 1.54) is 0 Å². The van der Waals surface area contributed by atoms with Gasteiger partial charge < -0.3 is 4.90 Å². The molecule has 0 aliphatic carbocycles. The molecule has 35 heavy (non-hydrogen) atoms. The number of carbonyl (C=O) groups is 1. The van der Waals surface area contributed by atoms with Gasteiger partial charge in [-0.1, -0.05) is 24.6 Å². The Morgan fingerprint density at radius 2 is 1.51 bits per heavy atom. The van der Waals surface area contributed by atoms with Crippen molar-refractivity contribution in [2.24, 2.45) is 0 Å². The Hall–Kier alpha value is -3.15. The fraction of sp³-hybridized carbons (Fsp3) is 0.417. The van der Waals surface area contributed by atoms with Crippen LogP contribution in [0.5, 0.6) is 0 Å². The van der Waals surface area contributed by atoms with Crippen LogP contribution in [0.25, 0.3) is 5.69 Å². The monoisotopic (exact) mass is 495 g/mol. The van der Waals surface area contributed by atoms with Crippen LogP contribution in [0.15, 0.2) is 59.5 Å². The van der Waals surface area contributed by atoms with E-state index in [4.69, 9.17) is 0 Å². The molecule has 184 valence electrons. The summed E-state index contributed by atoms with van der Waals surface area (Å²) in [5.41, 5.74) is 1.41. The smallest absolute Gasteiger partial charge is 0.253 e. The lowest BCUT2D eigenvalue weighted by molar-refractivity contribution is 0.0624. The Bertz CT molecular complexity index is 1250. The van der Waals surface area contributed by atoms with Crippen LogP contribution >= 0.6 is 0 Å². The summed E-state index contributed by atoms with van der Waals surface area (Å²) in [6, 6.07) is 16.1. The Kier molecular flexibility index (Phi) is 6.89. The summed E-state index contributed by atoms with van der Waals surface area (Å²) in [5, 5.41) is 12.1. The molecular formula is C24H29N7O3S. The zero-order valence-corrected chi connectivity index (χ0v) is 20.3. The van der Waals surface area contributed by atoms with Crippen LogP contribution in [0.4, 0.5) is 0 Å². The second-order valence-electron chi connectivity index (χ2n) is 8.90. The van der Waals surface area contributed by atoms with Crippen LogP contribution < -0.4 is 0 Å². The molecule has 0 N–H and O–H groups in total. The van der Waals surface area contributed by atoms with Crippen molar-refractivity contribution in [3.63, 3.8) is 0 Å². The predicted molar refractivity (Wildman–Crippen MR) is 129 cm³/mol. The number of piperidine rings is 1. The molecule has 2 aromatic carbocycles. The van der Waals surface area contributed by atoms with E-state index in [1.807, 2.05) is 35.2 Å². The van der Waals surface area contributed by atoms with Gasteiger partial charge >= 0.3 is 0 Å². The maximum atomic E-state index is 13.0. The molecule has 5 rings (SSSR count). The number of aromatic nitrogens is 4. The fourth-order valence-electron chi connectivity index (χ4n) is 4.59. The maximum absolute atomic E-state index is 13.0. The number of benzene rings is 2. The minimum atomic E-state index is -3.50. The van der Waals surface area contributed by atoms with Crippen molar-refractivity contribution in [3.05, 3.63) is 66.0 Å². The lowest BCUT2D eigenvalue weighted by atomic mass is 10.2. The first-order valence-corrected chi connectivity index (χ1v) is 13.4. The molecule has 0 unspecified atom stereocenters. The first-order valence-electron chi connectivity index (χ1n) is 12.0. The standard InChI is InChI=1S/C24H29N7O3S/c32-24(20-9-11-22(12-10-20)35(33,34)30-13-5-2-6-14-30)29-17-15-28(16-18-29)19-23-25-26-27-31(23)21-7-3-1-4-8-21/h1,3-4,7-12H,2,5-6,13-19H2. The van der Waals surface area contributed by atoms with Crippen LogP contribution in [0.3, 0.4) is 0 Å². The molecule has 0 spiro atoms. The molecule has 1 amide bonds. The number of hydrogen-bond acceptors (Lipinski definition) is 7. The molecule has 1 aromatic heterocycles. The maximum Gasteiger partial charge on any atom is 0.253 e. The first-order chi connectivity index (χ1) is 17.0. The number of nitrogens with zero attached hydrogens (tertiary/aromatic N) is 7. The van der Waals surface area contributed by atoms with Gasteiger partial charge in [0.15, 0.2) is 5.82 Å². The van der Waals surface area contributed by atoms with Gasteiger partial charge in [-0.2, -0.15) is 8.99 Å². The number of piperazine rings is 1. The van der Waals surface area contributed by atoms with E-state index >= 15 is 0 Å². The van der Waals surface area contributed by atoms with Gasteiger partial charge in [0.2, 0.25) is 10.0 Å². The highest BCUT2D eigenvalue weighted by Crippen LogP contribution is 2.21. The van der Waals surface area contributed by atoms with E-state index in [-0.39, 0.29) is 10.8 Å². The average molecular weight is 496 g/mol. The van der Waals surface area contributed by atoms with Gasteiger partial charge in [-0.25, -0.2) is 8.42 Å². The highest BCUT2D eigenvalue weighted by Gasteiger charge is 2.27. The second kappa shape index (κ2) is 10.2. The molecule has 0 saturated carbocycles. The molecule has 2 fully saturated rings. The molecule has 11 heteroatoms. The van der Waals surface area contributed by atoms with E-state index in [1.54, 1.807) is 33.3 Å². The summed E-state index contributed by atoms with van der Waals surface area (Å²) in [5.74, 6) is 0.669. The molecule has 0 atom stereocenters. The van der Waals surface area contributed by atoms with Crippen molar-refractivity contribution >= 4 is 15.9 Å². The number of rotatable bonds is 6. The van der Waals surface area contributed by atoms with Crippen molar-refractivity contribution in [1.29, 1.82) is 0 Å². The van der Waals surface area contributed by atoms with Crippen LogP contribution in [-0.2, 0) is 16.6 Å².